The van der Waals surface area contributed by atoms with E-state index in [0.717, 1.165) is 11.1 Å². The predicted octanol–water partition coefficient (Wildman–Crippen LogP) is 3.29. The van der Waals surface area contributed by atoms with Gasteiger partial charge in [0.2, 0.25) is 5.91 Å². The summed E-state index contributed by atoms with van der Waals surface area (Å²) in [6.45, 7) is 5.37. The molecule has 27 heavy (non-hydrogen) atoms. The van der Waals surface area contributed by atoms with E-state index in [1.54, 1.807) is 18.2 Å². The number of likely N-dealkylation sites (tertiary alicyclic amines) is 1. The van der Waals surface area contributed by atoms with E-state index in [2.05, 4.69) is 10.2 Å². The summed E-state index contributed by atoms with van der Waals surface area (Å²) in [5, 5.41) is 13.5. The molecule has 1 aliphatic heterocycles. The van der Waals surface area contributed by atoms with Gasteiger partial charge in [-0.15, -0.1) is 0 Å². The number of nitrogens with one attached hydrogen (secondary N) is 1. The lowest BCUT2D eigenvalue weighted by atomic mass is 9.80. The van der Waals surface area contributed by atoms with Gasteiger partial charge in [-0.2, -0.15) is 0 Å². The Balaban J connectivity index is 1.70. The Bertz CT molecular complexity index is 783. The third-order valence-corrected chi connectivity index (χ3v) is 5.41. The summed E-state index contributed by atoms with van der Waals surface area (Å²) in [5.74, 6) is -0.453. The predicted molar refractivity (Wildman–Crippen MR) is 104 cm³/mol. The number of aryl methyl sites for hydroxylation is 1. The number of piperidine rings is 1. The van der Waals surface area contributed by atoms with Gasteiger partial charge in [-0.1, -0.05) is 48.0 Å². The molecule has 0 aromatic heterocycles. The van der Waals surface area contributed by atoms with Crippen LogP contribution in [0.1, 0.15) is 42.6 Å². The van der Waals surface area contributed by atoms with Crippen molar-refractivity contribution in [1.29, 1.82) is 0 Å². The summed E-state index contributed by atoms with van der Waals surface area (Å²) in [6, 6.07) is 14.5. The SMILES string of the molecule is CC(=O)NC1(c2ccccc2F)CCN(C[C@H](O)c2ccc(C)cc2)CC1. The number of β-amino-alcohol motifs (C(OH)–C–C–N with tert-alkyl or cyclic N) is 1. The zero-order valence-electron chi connectivity index (χ0n) is 15.9. The molecule has 0 spiro atoms. The van der Waals surface area contributed by atoms with Crippen molar-refractivity contribution in [2.45, 2.75) is 38.3 Å². The largest absolute Gasteiger partial charge is 0.387 e. The van der Waals surface area contributed by atoms with Crippen LogP contribution in [-0.2, 0) is 10.3 Å². The maximum Gasteiger partial charge on any atom is 0.217 e. The van der Waals surface area contributed by atoms with Gasteiger partial charge in [0.15, 0.2) is 0 Å². The highest BCUT2D eigenvalue weighted by atomic mass is 19.1. The molecular weight excluding hydrogens is 343 g/mol. The summed E-state index contributed by atoms with van der Waals surface area (Å²) in [7, 11) is 0. The lowest BCUT2D eigenvalue weighted by Gasteiger charge is -2.43. The van der Waals surface area contributed by atoms with Crippen molar-refractivity contribution in [2.75, 3.05) is 19.6 Å². The summed E-state index contributed by atoms with van der Waals surface area (Å²) < 4.78 is 14.4. The Morgan fingerprint density at radius 3 is 2.41 bits per heavy atom. The summed E-state index contributed by atoms with van der Waals surface area (Å²) in [5.41, 5.74) is 1.91. The normalized spacial score (nSPS) is 18.1. The standard InChI is InChI=1S/C22H27FN2O2/c1-16-7-9-18(10-8-16)21(27)15-25-13-11-22(12-14-25,24-17(2)26)19-5-3-4-6-20(19)23/h3-10,21,27H,11-15H2,1-2H3,(H,24,26)/t21-/m0/s1. The van der Waals surface area contributed by atoms with Crippen LogP contribution >= 0.6 is 0 Å². The minimum atomic E-state index is -0.692. The van der Waals surface area contributed by atoms with Crippen molar-refractivity contribution in [1.82, 2.24) is 10.2 Å². The second-order valence-electron chi connectivity index (χ2n) is 7.47. The molecule has 3 rings (SSSR count). The molecule has 0 unspecified atom stereocenters. The summed E-state index contributed by atoms with van der Waals surface area (Å²) in [4.78, 5) is 14.0. The van der Waals surface area contributed by atoms with Crippen molar-refractivity contribution in [3.63, 3.8) is 0 Å². The second-order valence-corrected chi connectivity index (χ2v) is 7.47. The minimum absolute atomic E-state index is 0.161. The Hall–Kier alpha value is -2.24. The molecule has 4 nitrogen and oxygen atoms in total. The number of hydrogen-bond acceptors (Lipinski definition) is 3. The second kappa shape index (κ2) is 8.19. The Kier molecular flexibility index (Phi) is 5.92. The Labute approximate surface area is 160 Å². The van der Waals surface area contributed by atoms with Crippen LogP contribution in [-0.4, -0.2) is 35.5 Å². The first-order valence-electron chi connectivity index (χ1n) is 9.40. The van der Waals surface area contributed by atoms with Crippen LogP contribution < -0.4 is 5.32 Å². The van der Waals surface area contributed by atoms with Crippen LogP contribution in [0.5, 0.6) is 0 Å². The minimum Gasteiger partial charge on any atom is -0.387 e. The number of aliphatic hydroxyl groups excluding tert-OH is 1. The Morgan fingerprint density at radius 1 is 1.19 bits per heavy atom. The molecule has 144 valence electrons. The van der Waals surface area contributed by atoms with E-state index in [4.69, 9.17) is 0 Å². The smallest absolute Gasteiger partial charge is 0.217 e. The fourth-order valence-electron chi connectivity index (χ4n) is 3.90. The topological polar surface area (TPSA) is 52.6 Å². The van der Waals surface area contributed by atoms with E-state index in [-0.39, 0.29) is 11.7 Å². The van der Waals surface area contributed by atoms with Crippen molar-refractivity contribution in [3.8, 4) is 0 Å². The van der Waals surface area contributed by atoms with Gasteiger partial charge in [0, 0.05) is 32.1 Å². The number of halogens is 1. The monoisotopic (exact) mass is 370 g/mol. The zero-order valence-corrected chi connectivity index (χ0v) is 15.9. The lowest BCUT2D eigenvalue weighted by molar-refractivity contribution is -0.121. The molecule has 0 aliphatic carbocycles. The fraction of sp³-hybridized carbons (Fsp3) is 0.409. The van der Waals surface area contributed by atoms with E-state index >= 15 is 0 Å². The molecule has 2 N–H and O–H groups in total. The molecule has 2 aromatic rings. The molecule has 1 amide bonds. The number of nitrogens with zero attached hydrogens (tertiary/aromatic N) is 1. The number of aliphatic hydroxyl groups is 1. The number of carbonyl (C=O) groups excluding carboxylic acids is 1. The third-order valence-electron chi connectivity index (χ3n) is 5.41. The lowest BCUT2D eigenvalue weighted by Crippen LogP contribution is -2.53. The summed E-state index contributed by atoms with van der Waals surface area (Å²) in [6.07, 6.45) is 0.648. The number of carbonyl (C=O) groups is 1. The van der Waals surface area contributed by atoms with Gasteiger partial charge < -0.3 is 15.3 Å². The van der Waals surface area contributed by atoms with E-state index < -0.39 is 11.6 Å². The van der Waals surface area contributed by atoms with E-state index in [1.807, 2.05) is 31.2 Å². The van der Waals surface area contributed by atoms with Crippen molar-refractivity contribution < 1.29 is 14.3 Å². The highest BCUT2D eigenvalue weighted by Gasteiger charge is 2.39. The van der Waals surface area contributed by atoms with Crippen LogP contribution in [0.2, 0.25) is 0 Å². The van der Waals surface area contributed by atoms with Crippen LogP contribution in [0.3, 0.4) is 0 Å². The van der Waals surface area contributed by atoms with E-state index in [9.17, 15) is 14.3 Å². The third kappa shape index (κ3) is 4.54. The van der Waals surface area contributed by atoms with Gasteiger partial charge in [-0.3, -0.25) is 4.79 Å². The first-order valence-corrected chi connectivity index (χ1v) is 9.40. The zero-order chi connectivity index (χ0) is 19.4. The van der Waals surface area contributed by atoms with Gasteiger partial charge in [0.05, 0.1) is 11.6 Å². The van der Waals surface area contributed by atoms with Crippen molar-refractivity contribution in [2.24, 2.45) is 0 Å². The molecule has 1 saturated heterocycles. The molecule has 5 heteroatoms. The quantitative estimate of drug-likeness (QED) is 0.849. The van der Waals surface area contributed by atoms with E-state index in [0.29, 0.717) is 38.0 Å². The fourth-order valence-corrected chi connectivity index (χ4v) is 3.90. The molecule has 1 aliphatic rings. The molecule has 1 fully saturated rings. The van der Waals surface area contributed by atoms with Gasteiger partial charge in [-0.05, 0) is 31.4 Å². The van der Waals surface area contributed by atoms with Crippen LogP contribution in [0.25, 0.3) is 0 Å². The van der Waals surface area contributed by atoms with Gasteiger partial charge in [0.25, 0.3) is 0 Å². The average molecular weight is 370 g/mol. The first-order chi connectivity index (χ1) is 12.9. The van der Waals surface area contributed by atoms with Crippen molar-refractivity contribution in [3.05, 3.63) is 71.0 Å². The molecule has 0 bridgehead atoms. The average Bonchev–Trinajstić information content (AvgIpc) is 2.64. The number of hydrogen-bond donors (Lipinski definition) is 2. The van der Waals surface area contributed by atoms with Gasteiger partial charge in [0.1, 0.15) is 5.82 Å². The number of benzene rings is 2. The van der Waals surface area contributed by atoms with Crippen LogP contribution in [0.4, 0.5) is 4.39 Å². The first kappa shape index (κ1) is 19.5. The van der Waals surface area contributed by atoms with E-state index in [1.165, 1.54) is 13.0 Å². The highest BCUT2D eigenvalue weighted by molar-refractivity contribution is 5.74. The summed E-state index contributed by atoms with van der Waals surface area (Å²) >= 11 is 0. The maximum absolute atomic E-state index is 14.4. The molecule has 0 saturated carbocycles. The van der Waals surface area contributed by atoms with Crippen LogP contribution in [0, 0.1) is 12.7 Å². The Morgan fingerprint density at radius 2 is 1.81 bits per heavy atom. The van der Waals surface area contributed by atoms with Crippen molar-refractivity contribution >= 4 is 5.91 Å². The number of rotatable bonds is 5. The maximum atomic E-state index is 14.4. The molecule has 2 aromatic carbocycles. The van der Waals surface area contributed by atoms with Crippen LogP contribution in [0.15, 0.2) is 48.5 Å². The molecule has 1 atom stereocenters. The molecule has 1 heterocycles. The molecular formula is C22H27FN2O2. The molecule has 0 radical (unpaired) electrons. The number of amides is 1. The highest BCUT2D eigenvalue weighted by Crippen LogP contribution is 2.35. The van der Waals surface area contributed by atoms with Gasteiger partial charge in [-0.25, -0.2) is 4.39 Å². The van der Waals surface area contributed by atoms with Gasteiger partial charge >= 0.3 is 0 Å².